The summed E-state index contributed by atoms with van der Waals surface area (Å²) in [7, 11) is 1.77. The van der Waals surface area contributed by atoms with Crippen molar-refractivity contribution < 1.29 is 9.90 Å². The number of aliphatic hydroxyl groups is 1. The third-order valence-corrected chi connectivity index (χ3v) is 5.76. The van der Waals surface area contributed by atoms with Gasteiger partial charge >= 0.3 is 0 Å². The molecule has 22 heavy (non-hydrogen) atoms. The van der Waals surface area contributed by atoms with Gasteiger partial charge in [0, 0.05) is 26.7 Å². The molecular weight excluding hydrogens is 318 g/mol. The third kappa shape index (κ3) is 3.77. The Hall–Kier alpha value is -1.18. The molecular formula is C15H23N3O2S2. The quantitative estimate of drug-likeness (QED) is 0.841. The van der Waals surface area contributed by atoms with E-state index in [0.29, 0.717) is 17.8 Å². The van der Waals surface area contributed by atoms with Gasteiger partial charge < -0.3 is 14.9 Å². The number of carbonyl (C=O) groups is 1. The zero-order chi connectivity index (χ0) is 16.3. The highest BCUT2D eigenvalue weighted by molar-refractivity contribution is 7.29. The fraction of sp³-hybridized carbons (Fsp3) is 0.600. The Labute approximate surface area is 139 Å². The van der Waals surface area contributed by atoms with Crippen LogP contribution in [0, 0.1) is 0 Å². The van der Waals surface area contributed by atoms with Gasteiger partial charge in [0.2, 0.25) is 0 Å². The van der Waals surface area contributed by atoms with E-state index in [1.807, 2.05) is 6.07 Å². The van der Waals surface area contributed by atoms with Crippen molar-refractivity contribution >= 4 is 43.2 Å². The molecule has 1 N–H and O–H groups in total. The van der Waals surface area contributed by atoms with Crippen LogP contribution in [0.5, 0.6) is 0 Å². The van der Waals surface area contributed by atoms with Crippen LogP contribution in [0.1, 0.15) is 36.9 Å². The van der Waals surface area contributed by atoms with Crippen LogP contribution in [0.2, 0.25) is 0 Å². The maximum absolute atomic E-state index is 12.4. The Balaban J connectivity index is 2.13. The van der Waals surface area contributed by atoms with Crippen molar-refractivity contribution in [1.29, 1.82) is 0 Å². The molecule has 1 unspecified atom stereocenters. The molecule has 7 heteroatoms. The summed E-state index contributed by atoms with van der Waals surface area (Å²) in [6.45, 7) is 8.39. The van der Waals surface area contributed by atoms with E-state index in [1.54, 1.807) is 30.2 Å². The Bertz CT molecular complexity index is 600. The second-order valence-corrected chi connectivity index (χ2v) is 7.35. The summed E-state index contributed by atoms with van der Waals surface area (Å²) < 4.78 is 1.07. The number of amides is 1. The molecule has 122 valence electrons. The van der Waals surface area contributed by atoms with Gasteiger partial charge in [-0.3, -0.25) is 4.79 Å². The second kappa shape index (κ2) is 7.39. The SMILES string of the molecule is CCN(CC)c1nc2sc(C(=O)N(C)CCC(C)O)cc2s1. The fourth-order valence-corrected chi connectivity index (χ4v) is 4.46. The van der Waals surface area contributed by atoms with Crippen molar-refractivity contribution in [3.05, 3.63) is 10.9 Å². The molecule has 1 amide bonds. The molecule has 2 rings (SSSR count). The van der Waals surface area contributed by atoms with Gasteiger partial charge in [0.25, 0.3) is 5.91 Å². The summed E-state index contributed by atoms with van der Waals surface area (Å²) in [4.78, 5) is 22.5. The average Bonchev–Trinajstić information content (AvgIpc) is 3.03. The van der Waals surface area contributed by atoms with Crippen LogP contribution in [0.4, 0.5) is 5.13 Å². The number of rotatable bonds is 7. The smallest absolute Gasteiger partial charge is 0.263 e. The lowest BCUT2D eigenvalue weighted by molar-refractivity contribution is 0.0774. The molecule has 0 spiro atoms. The zero-order valence-corrected chi connectivity index (χ0v) is 15.1. The van der Waals surface area contributed by atoms with E-state index >= 15 is 0 Å². The average molecular weight is 342 g/mol. The number of anilines is 1. The van der Waals surface area contributed by atoms with Crippen LogP contribution in [0.3, 0.4) is 0 Å². The maximum atomic E-state index is 12.4. The van der Waals surface area contributed by atoms with Gasteiger partial charge in [-0.2, -0.15) is 0 Å². The van der Waals surface area contributed by atoms with Gasteiger partial charge in [0.05, 0.1) is 15.7 Å². The van der Waals surface area contributed by atoms with Gasteiger partial charge in [0.15, 0.2) is 5.13 Å². The van der Waals surface area contributed by atoms with Gasteiger partial charge in [-0.15, -0.1) is 11.3 Å². The summed E-state index contributed by atoms with van der Waals surface area (Å²) in [6, 6.07) is 1.94. The standard InChI is InChI=1S/C15H23N3O2S2/c1-5-18(6-2)15-16-13-11(22-15)9-12(21-13)14(20)17(4)8-7-10(3)19/h9-10,19H,5-8H2,1-4H3. The van der Waals surface area contributed by atoms with E-state index in [1.165, 1.54) is 11.3 Å². The number of nitrogens with zero attached hydrogens (tertiary/aromatic N) is 3. The molecule has 0 aliphatic heterocycles. The van der Waals surface area contributed by atoms with Crippen molar-refractivity contribution in [2.45, 2.75) is 33.3 Å². The number of fused-ring (bicyclic) bond motifs is 1. The maximum Gasteiger partial charge on any atom is 0.263 e. The minimum atomic E-state index is -0.389. The predicted octanol–water partition coefficient (Wildman–Crippen LogP) is 3.05. The second-order valence-electron chi connectivity index (χ2n) is 5.31. The van der Waals surface area contributed by atoms with Crippen LogP contribution < -0.4 is 4.90 Å². The Morgan fingerprint density at radius 1 is 1.36 bits per heavy atom. The van der Waals surface area contributed by atoms with E-state index in [9.17, 15) is 9.90 Å². The number of thiazole rings is 1. The van der Waals surface area contributed by atoms with E-state index in [0.717, 1.165) is 27.8 Å². The first-order valence-electron chi connectivity index (χ1n) is 7.55. The minimum Gasteiger partial charge on any atom is -0.393 e. The van der Waals surface area contributed by atoms with Crippen molar-refractivity contribution in [3.63, 3.8) is 0 Å². The highest BCUT2D eigenvalue weighted by Crippen LogP contribution is 2.34. The molecule has 0 fully saturated rings. The van der Waals surface area contributed by atoms with Crippen LogP contribution in [-0.4, -0.2) is 53.7 Å². The van der Waals surface area contributed by atoms with Crippen molar-refractivity contribution in [2.75, 3.05) is 31.6 Å². The molecule has 0 radical (unpaired) electrons. The number of carbonyl (C=O) groups excluding carboxylic acids is 1. The first-order valence-corrected chi connectivity index (χ1v) is 9.18. The number of thiophene rings is 1. The lowest BCUT2D eigenvalue weighted by Gasteiger charge is -2.17. The van der Waals surface area contributed by atoms with Gasteiger partial charge in [0.1, 0.15) is 4.83 Å². The van der Waals surface area contributed by atoms with Crippen molar-refractivity contribution in [2.24, 2.45) is 0 Å². The highest BCUT2D eigenvalue weighted by atomic mass is 32.1. The van der Waals surface area contributed by atoms with E-state index in [4.69, 9.17) is 0 Å². The molecule has 0 aliphatic carbocycles. The van der Waals surface area contributed by atoms with E-state index in [-0.39, 0.29) is 12.0 Å². The number of hydrogen-bond acceptors (Lipinski definition) is 6. The summed E-state index contributed by atoms with van der Waals surface area (Å²) in [5.41, 5.74) is 0. The van der Waals surface area contributed by atoms with Crippen LogP contribution in [0.25, 0.3) is 9.53 Å². The Kier molecular flexibility index (Phi) is 5.77. The molecule has 0 aromatic carbocycles. The zero-order valence-electron chi connectivity index (χ0n) is 13.5. The molecule has 0 aliphatic rings. The van der Waals surface area contributed by atoms with Gasteiger partial charge in [-0.25, -0.2) is 4.98 Å². The van der Waals surface area contributed by atoms with Crippen molar-refractivity contribution in [1.82, 2.24) is 9.88 Å². The molecule has 1 atom stereocenters. The molecule has 2 aromatic heterocycles. The Morgan fingerprint density at radius 2 is 2.05 bits per heavy atom. The summed E-state index contributed by atoms with van der Waals surface area (Å²) in [6.07, 6.45) is 0.201. The predicted molar refractivity (Wildman–Crippen MR) is 94.3 cm³/mol. The summed E-state index contributed by atoms with van der Waals surface area (Å²) in [5.74, 6) is 0.000221. The summed E-state index contributed by atoms with van der Waals surface area (Å²) >= 11 is 3.08. The molecule has 0 saturated carbocycles. The van der Waals surface area contributed by atoms with Gasteiger partial charge in [-0.1, -0.05) is 11.3 Å². The lowest BCUT2D eigenvalue weighted by atomic mass is 10.2. The lowest BCUT2D eigenvalue weighted by Crippen LogP contribution is -2.28. The highest BCUT2D eigenvalue weighted by Gasteiger charge is 2.18. The minimum absolute atomic E-state index is 0.000221. The molecule has 0 saturated heterocycles. The van der Waals surface area contributed by atoms with Crippen molar-refractivity contribution in [3.8, 4) is 0 Å². The van der Waals surface area contributed by atoms with Crippen LogP contribution in [-0.2, 0) is 0 Å². The van der Waals surface area contributed by atoms with Gasteiger partial charge in [-0.05, 0) is 33.3 Å². The third-order valence-electron chi connectivity index (χ3n) is 3.55. The first-order chi connectivity index (χ1) is 10.5. The number of aliphatic hydroxyl groups excluding tert-OH is 1. The number of hydrogen-bond donors (Lipinski definition) is 1. The van der Waals surface area contributed by atoms with Crippen LogP contribution in [0.15, 0.2) is 6.07 Å². The molecule has 2 aromatic rings. The van der Waals surface area contributed by atoms with E-state index in [2.05, 4.69) is 23.7 Å². The number of aromatic nitrogens is 1. The Morgan fingerprint density at radius 3 is 2.59 bits per heavy atom. The molecule has 0 bridgehead atoms. The molecule has 2 heterocycles. The van der Waals surface area contributed by atoms with E-state index < -0.39 is 0 Å². The fourth-order valence-electron chi connectivity index (χ4n) is 2.13. The largest absolute Gasteiger partial charge is 0.393 e. The normalized spacial score (nSPS) is 12.6. The molecule has 5 nitrogen and oxygen atoms in total. The topological polar surface area (TPSA) is 56.7 Å². The summed E-state index contributed by atoms with van der Waals surface area (Å²) in [5, 5.41) is 10.3. The first kappa shape index (κ1) is 17.2. The van der Waals surface area contributed by atoms with Crippen LogP contribution >= 0.6 is 22.7 Å². The monoisotopic (exact) mass is 341 g/mol.